The normalized spacial score (nSPS) is 18.4. The van der Waals surface area contributed by atoms with Gasteiger partial charge in [-0.25, -0.2) is 0 Å². The Kier molecular flexibility index (Phi) is 7.87. The van der Waals surface area contributed by atoms with Gasteiger partial charge in [0.15, 0.2) is 0 Å². The lowest BCUT2D eigenvalue weighted by molar-refractivity contribution is 0.157. The van der Waals surface area contributed by atoms with Crippen LogP contribution in [0.2, 0.25) is 0 Å². The summed E-state index contributed by atoms with van der Waals surface area (Å²) in [6, 6.07) is 0.622. The summed E-state index contributed by atoms with van der Waals surface area (Å²) in [7, 11) is 2.27. The molecule has 0 saturated heterocycles. The van der Waals surface area contributed by atoms with Gasteiger partial charge in [0.1, 0.15) is 0 Å². The zero-order valence-corrected chi connectivity index (χ0v) is 12.0. The fourth-order valence-corrected chi connectivity index (χ4v) is 2.73. The van der Waals surface area contributed by atoms with Gasteiger partial charge < -0.3 is 10.6 Å². The van der Waals surface area contributed by atoms with E-state index in [9.17, 15) is 0 Å². The fourth-order valence-electron chi connectivity index (χ4n) is 2.73. The summed E-state index contributed by atoms with van der Waals surface area (Å²) in [6.45, 7) is 4.38. The Morgan fingerprint density at radius 1 is 1.18 bits per heavy atom. The summed E-state index contributed by atoms with van der Waals surface area (Å²) in [5.41, 5.74) is 5.91. The van der Waals surface area contributed by atoms with Crippen LogP contribution < -0.4 is 5.73 Å². The van der Waals surface area contributed by atoms with E-state index in [0.29, 0.717) is 6.04 Å². The molecule has 0 heterocycles. The molecule has 1 fully saturated rings. The molecule has 0 aromatic heterocycles. The molecule has 1 atom stereocenters. The SMILES string of the molecule is CCCCCCCC(CN)N(C)CC1CCC1. The molecule has 1 rings (SSSR count). The molecule has 0 aromatic carbocycles. The molecule has 0 spiro atoms. The van der Waals surface area contributed by atoms with Crippen LogP contribution in [0.4, 0.5) is 0 Å². The number of nitrogens with two attached hydrogens (primary N) is 1. The van der Waals surface area contributed by atoms with Crippen LogP contribution in [0.3, 0.4) is 0 Å². The quantitative estimate of drug-likeness (QED) is 0.593. The number of hydrogen-bond donors (Lipinski definition) is 1. The first-order chi connectivity index (χ1) is 8.27. The number of unbranched alkanes of at least 4 members (excludes halogenated alkanes) is 4. The van der Waals surface area contributed by atoms with E-state index in [4.69, 9.17) is 5.73 Å². The molecule has 0 aliphatic heterocycles. The highest BCUT2D eigenvalue weighted by Gasteiger charge is 2.22. The molecule has 1 unspecified atom stereocenters. The number of rotatable bonds is 10. The van der Waals surface area contributed by atoms with Gasteiger partial charge in [-0.3, -0.25) is 0 Å². The van der Waals surface area contributed by atoms with E-state index in [-0.39, 0.29) is 0 Å². The third-order valence-electron chi connectivity index (χ3n) is 4.31. The minimum atomic E-state index is 0.622. The molecule has 1 saturated carbocycles. The van der Waals surface area contributed by atoms with Crippen molar-refractivity contribution in [2.45, 2.75) is 70.8 Å². The third-order valence-corrected chi connectivity index (χ3v) is 4.31. The van der Waals surface area contributed by atoms with Crippen LogP contribution in [0.5, 0.6) is 0 Å². The van der Waals surface area contributed by atoms with Crippen molar-refractivity contribution in [3.63, 3.8) is 0 Å². The van der Waals surface area contributed by atoms with Crippen molar-refractivity contribution >= 4 is 0 Å². The second-order valence-electron chi connectivity index (χ2n) is 5.83. The van der Waals surface area contributed by atoms with Crippen molar-refractivity contribution in [2.75, 3.05) is 20.1 Å². The van der Waals surface area contributed by atoms with Crippen molar-refractivity contribution in [2.24, 2.45) is 11.7 Å². The van der Waals surface area contributed by atoms with Gasteiger partial charge in [-0.05, 0) is 32.2 Å². The first-order valence-electron chi connectivity index (χ1n) is 7.68. The van der Waals surface area contributed by atoms with Gasteiger partial charge in [0.2, 0.25) is 0 Å². The Labute approximate surface area is 108 Å². The molecule has 0 radical (unpaired) electrons. The Hall–Kier alpha value is -0.0800. The maximum atomic E-state index is 5.91. The Bertz CT molecular complexity index is 178. The van der Waals surface area contributed by atoms with Gasteiger partial charge in [0, 0.05) is 19.1 Å². The minimum absolute atomic E-state index is 0.622. The van der Waals surface area contributed by atoms with E-state index in [1.807, 2.05) is 0 Å². The first kappa shape index (κ1) is 15.0. The van der Waals surface area contributed by atoms with Gasteiger partial charge in [-0.1, -0.05) is 45.4 Å². The predicted molar refractivity (Wildman–Crippen MR) is 76.2 cm³/mol. The minimum Gasteiger partial charge on any atom is -0.329 e. The first-order valence-corrected chi connectivity index (χ1v) is 7.68. The highest BCUT2D eigenvalue weighted by Crippen LogP contribution is 2.27. The highest BCUT2D eigenvalue weighted by atomic mass is 15.1. The van der Waals surface area contributed by atoms with Gasteiger partial charge in [-0.15, -0.1) is 0 Å². The molecular weight excluding hydrogens is 208 g/mol. The molecule has 2 nitrogen and oxygen atoms in total. The average Bonchev–Trinajstić information content (AvgIpc) is 2.28. The van der Waals surface area contributed by atoms with Crippen LogP contribution in [0, 0.1) is 5.92 Å². The average molecular weight is 240 g/mol. The van der Waals surface area contributed by atoms with Gasteiger partial charge in [0.05, 0.1) is 0 Å². The third kappa shape index (κ3) is 5.87. The molecule has 17 heavy (non-hydrogen) atoms. The second-order valence-corrected chi connectivity index (χ2v) is 5.83. The van der Waals surface area contributed by atoms with E-state index < -0.39 is 0 Å². The van der Waals surface area contributed by atoms with Crippen molar-refractivity contribution < 1.29 is 0 Å². The molecule has 2 N–H and O–H groups in total. The van der Waals surface area contributed by atoms with E-state index in [2.05, 4.69) is 18.9 Å². The van der Waals surface area contributed by atoms with Crippen LogP contribution in [0.25, 0.3) is 0 Å². The zero-order valence-electron chi connectivity index (χ0n) is 12.0. The molecule has 0 amide bonds. The number of hydrogen-bond acceptors (Lipinski definition) is 2. The van der Waals surface area contributed by atoms with Crippen molar-refractivity contribution in [1.29, 1.82) is 0 Å². The molecule has 0 aromatic rings. The summed E-state index contributed by atoms with van der Waals surface area (Å²) >= 11 is 0. The highest BCUT2D eigenvalue weighted by molar-refractivity contribution is 4.77. The Morgan fingerprint density at radius 3 is 2.41 bits per heavy atom. The lowest BCUT2D eigenvalue weighted by atomic mass is 9.85. The molecule has 1 aliphatic carbocycles. The lowest BCUT2D eigenvalue weighted by Gasteiger charge is -2.34. The molecule has 0 bridgehead atoms. The van der Waals surface area contributed by atoms with Crippen LogP contribution in [-0.2, 0) is 0 Å². The standard InChI is InChI=1S/C15H32N2/c1-3-4-5-6-7-11-15(12-16)17(2)13-14-9-8-10-14/h14-15H,3-13,16H2,1-2H3. The molecule has 102 valence electrons. The van der Waals surface area contributed by atoms with Crippen molar-refractivity contribution in [1.82, 2.24) is 4.90 Å². The van der Waals surface area contributed by atoms with Crippen LogP contribution in [0.15, 0.2) is 0 Å². The van der Waals surface area contributed by atoms with Crippen molar-refractivity contribution in [3.05, 3.63) is 0 Å². The maximum absolute atomic E-state index is 5.91. The van der Waals surface area contributed by atoms with E-state index in [0.717, 1.165) is 12.5 Å². The Balaban J connectivity index is 2.08. The smallest absolute Gasteiger partial charge is 0.0215 e. The number of likely N-dealkylation sites (N-methyl/N-ethyl adjacent to an activating group) is 1. The molecule has 1 aliphatic rings. The monoisotopic (exact) mass is 240 g/mol. The molecular formula is C15H32N2. The van der Waals surface area contributed by atoms with E-state index >= 15 is 0 Å². The second kappa shape index (κ2) is 8.93. The van der Waals surface area contributed by atoms with Gasteiger partial charge >= 0.3 is 0 Å². The topological polar surface area (TPSA) is 29.3 Å². The summed E-state index contributed by atoms with van der Waals surface area (Å²) in [4.78, 5) is 2.52. The fraction of sp³-hybridized carbons (Fsp3) is 1.00. The summed E-state index contributed by atoms with van der Waals surface area (Å²) < 4.78 is 0. The largest absolute Gasteiger partial charge is 0.329 e. The zero-order chi connectivity index (χ0) is 12.5. The van der Waals surface area contributed by atoms with Crippen LogP contribution in [-0.4, -0.2) is 31.1 Å². The van der Waals surface area contributed by atoms with E-state index in [1.165, 1.54) is 64.3 Å². The lowest BCUT2D eigenvalue weighted by Crippen LogP contribution is -2.41. The summed E-state index contributed by atoms with van der Waals surface area (Å²) in [6.07, 6.45) is 12.5. The van der Waals surface area contributed by atoms with Gasteiger partial charge in [0.25, 0.3) is 0 Å². The van der Waals surface area contributed by atoms with Crippen molar-refractivity contribution in [3.8, 4) is 0 Å². The Morgan fingerprint density at radius 2 is 1.88 bits per heavy atom. The number of nitrogens with zero attached hydrogens (tertiary/aromatic N) is 1. The van der Waals surface area contributed by atoms with Gasteiger partial charge in [-0.2, -0.15) is 0 Å². The van der Waals surface area contributed by atoms with Crippen LogP contribution >= 0.6 is 0 Å². The maximum Gasteiger partial charge on any atom is 0.0215 e. The predicted octanol–water partition coefficient (Wildman–Crippen LogP) is 3.41. The summed E-state index contributed by atoms with van der Waals surface area (Å²) in [5.74, 6) is 0.967. The van der Waals surface area contributed by atoms with E-state index in [1.54, 1.807) is 0 Å². The molecule has 2 heteroatoms. The summed E-state index contributed by atoms with van der Waals surface area (Å²) in [5, 5.41) is 0. The van der Waals surface area contributed by atoms with Crippen LogP contribution in [0.1, 0.15) is 64.7 Å².